The quantitative estimate of drug-likeness (QED) is 0.632. The van der Waals surface area contributed by atoms with Crippen LogP contribution in [0.15, 0.2) is 72.8 Å². The molecule has 0 spiro atoms. The minimum absolute atomic E-state index is 0.549. The standard InChI is InChI=1S/C24H26O/c1-3-9-19(10-4-1)23-15-7-13-21(23)17-25-18-22-14-8-16-24(22)20-11-5-2-6-12-20/h1-6,9-12,15-16,21-22H,7-8,13-14,17-18H2. The Balaban J connectivity index is 1.34. The molecule has 2 unspecified atom stereocenters. The number of allylic oxidation sites excluding steroid dienone is 2. The van der Waals surface area contributed by atoms with E-state index in [1.54, 1.807) is 0 Å². The first-order valence-electron chi connectivity index (χ1n) is 9.50. The second-order valence-corrected chi connectivity index (χ2v) is 7.14. The number of hydrogen-bond donors (Lipinski definition) is 0. The van der Waals surface area contributed by atoms with E-state index in [4.69, 9.17) is 4.74 Å². The zero-order chi connectivity index (χ0) is 16.9. The van der Waals surface area contributed by atoms with Gasteiger partial charge in [0.2, 0.25) is 0 Å². The average Bonchev–Trinajstić information content (AvgIpc) is 3.33. The number of benzene rings is 2. The van der Waals surface area contributed by atoms with Crippen LogP contribution >= 0.6 is 0 Å². The minimum Gasteiger partial charge on any atom is -0.380 e. The summed E-state index contributed by atoms with van der Waals surface area (Å²) in [5.74, 6) is 1.10. The van der Waals surface area contributed by atoms with E-state index >= 15 is 0 Å². The third kappa shape index (κ3) is 3.77. The van der Waals surface area contributed by atoms with E-state index in [9.17, 15) is 0 Å². The van der Waals surface area contributed by atoms with Crippen molar-refractivity contribution < 1.29 is 4.74 Å². The molecule has 1 nitrogen and oxygen atoms in total. The highest BCUT2D eigenvalue weighted by Gasteiger charge is 2.24. The molecule has 0 aliphatic heterocycles. The molecule has 0 heterocycles. The third-order valence-electron chi connectivity index (χ3n) is 5.49. The highest BCUT2D eigenvalue weighted by atomic mass is 16.5. The molecule has 2 aromatic carbocycles. The second-order valence-electron chi connectivity index (χ2n) is 7.14. The van der Waals surface area contributed by atoms with Crippen molar-refractivity contribution in [1.82, 2.24) is 0 Å². The Morgan fingerprint density at radius 1 is 0.640 bits per heavy atom. The molecule has 0 radical (unpaired) electrons. The van der Waals surface area contributed by atoms with Crippen LogP contribution in [0.2, 0.25) is 0 Å². The van der Waals surface area contributed by atoms with Crippen LogP contribution in [-0.4, -0.2) is 13.2 Å². The molecule has 0 fully saturated rings. The predicted molar refractivity (Wildman–Crippen MR) is 105 cm³/mol. The fourth-order valence-electron chi connectivity index (χ4n) is 4.19. The molecule has 1 heteroatoms. The van der Waals surface area contributed by atoms with Crippen molar-refractivity contribution in [3.8, 4) is 0 Å². The fraction of sp³-hybridized carbons (Fsp3) is 0.333. The first kappa shape index (κ1) is 16.4. The second kappa shape index (κ2) is 7.84. The Morgan fingerprint density at radius 2 is 1.08 bits per heavy atom. The normalized spacial score (nSPS) is 22.7. The number of hydrogen-bond acceptors (Lipinski definition) is 1. The van der Waals surface area contributed by atoms with E-state index in [1.807, 2.05) is 0 Å². The van der Waals surface area contributed by atoms with E-state index in [-0.39, 0.29) is 0 Å². The lowest BCUT2D eigenvalue weighted by atomic mass is 9.95. The summed E-state index contributed by atoms with van der Waals surface area (Å²) >= 11 is 0. The van der Waals surface area contributed by atoms with Gasteiger partial charge in [0, 0.05) is 11.8 Å². The summed E-state index contributed by atoms with van der Waals surface area (Å²) in [7, 11) is 0. The van der Waals surface area contributed by atoms with Gasteiger partial charge in [-0.15, -0.1) is 0 Å². The Morgan fingerprint density at radius 3 is 1.52 bits per heavy atom. The third-order valence-corrected chi connectivity index (χ3v) is 5.49. The molecule has 0 N–H and O–H groups in total. The van der Waals surface area contributed by atoms with Crippen LogP contribution in [0.4, 0.5) is 0 Å². The van der Waals surface area contributed by atoms with Gasteiger partial charge < -0.3 is 4.74 Å². The van der Waals surface area contributed by atoms with Gasteiger partial charge in [0.05, 0.1) is 13.2 Å². The van der Waals surface area contributed by atoms with E-state index in [1.165, 1.54) is 48.0 Å². The van der Waals surface area contributed by atoms with E-state index in [2.05, 4.69) is 72.8 Å². The van der Waals surface area contributed by atoms with Crippen LogP contribution < -0.4 is 0 Å². The molecule has 2 atom stereocenters. The van der Waals surface area contributed by atoms with Gasteiger partial charge in [0.1, 0.15) is 0 Å². The molecular weight excluding hydrogens is 304 g/mol. The smallest absolute Gasteiger partial charge is 0.0535 e. The predicted octanol–water partition coefficient (Wildman–Crippen LogP) is 5.99. The van der Waals surface area contributed by atoms with Crippen LogP contribution in [0.3, 0.4) is 0 Å². The van der Waals surface area contributed by atoms with Crippen molar-refractivity contribution >= 4 is 11.1 Å². The number of ether oxygens (including phenoxy) is 1. The van der Waals surface area contributed by atoms with Gasteiger partial charge in [-0.3, -0.25) is 0 Å². The molecule has 0 saturated heterocycles. The molecule has 0 bridgehead atoms. The first-order chi connectivity index (χ1) is 12.4. The highest BCUT2D eigenvalue weighted by molar-refractivity contribution is 5.70. The average molecular weight is 330 g/mol. The zero-order valence-electron chi connectivity index (χ0n) is 14.7. The Kier molecular flexibility index (Phi) is 5.13. The molecule has 2 aliphatic carbocycles. The molecule has 128 valence electrons. The van der Waals surface area contributed by atoms with E-state index < -0.39 is 0 Å². The van der Waals surface area contributed by atoms with Gasteiger partial charge in [-0.2, -0.15) is 0 Å². The summed E-state index contributed by atoms with van der Waals surface area (Å²) in [6.07, 6.45) is 9.59. The minimum atomic E-state index is 0.549. The summed E-state index contributed by atoms with van der Waals surface area (Å²) in [5.41, 5.74) is 5.68. The van der Waals surface area contributed by atoms with Crippen LogP contribution in [0.1, 0.15) is 36.8 Å². The van der Waals surface area contributed by atoms with E-state index in [0.29, 0.717) is 11.8 Å². The molecular formula is C24H26O. The van der Waals surface area contributed by atoms with Crippen molar-refractivity contribution in [2.45, 2.75) is 25.7 Å². The topological polar surface area (TPSA) is 9.23 Å². The lowest BCUT2D eigenvalue weighted by molar-refractivity contribution is 0.0968. The Bertz CT molecular complexity index is 677. The maximum atomic E-state index is 6.22. The van der Waals surface area contributed by atoms with Crippen molar-refractivity contribution in [1.29, 1.82) is 0 Å². The van der Waals surface area contributed by atoms with Crippen molar-refractivity contribution in [3.63, 3.8) is 0 Å². The van der Waals surface area contributed by atoms with Gasteiger partial charge in [-0.1, -0.05) is 72.8 Å². The summed E-state index contributed by atoms with van der Waals surface area (Å²) in [4.78, 5) is 0. The SMILES string of the molecule is C1=C(c2ccccc2)C(COCC2CCC=C2c2ccccc2)CC1. The van der Waals surface area contributed by atoms with Gasteiger partial charge in [-0.25, -0.2) is 0 Å². The van der Waals surface area contributed by atoms with Crippen LogP contribution in [-0.2, 0) is 4.74 Å². The van der Waals surface area contributed by atoms with Gasteiger partial charge >= 0.3 is 0 Å². The van der Waals surface area contributed by atoms with Crippen molar-refractivity contribution in [2.24, 2.45) is 11.8 Å². The summed E-state index contributed by atoms with van der Waals surface area (Å²) in [6, 6.07) is 21.6. The lowest BCUT2D eigenvalue weighted by Gasteiger charge is -2.19. The Hall–Kier alpha value is -2.12. The molecule has 0 amide bonds. The van der Waals surface area contributed by atoms with Crippen molar-refractivity contribution in [3.05, 3.63) is 83.9 Å². The molecule has 2 aromatic rings. The summed E-state index contributed by atoms with van der Waals surface area (Å²) in [6.45, 7) is 1.69. The largest absolute Gasteiger partial charge is 0.380 e. The molecule has 0 saturated carbocycles. The molecule has 4 rings (SSSR count). The van der Waals surface area contributed by atoms with Crippen LogP contribution in [0, 0.1) is 11.8 Å². The lowest BCUT2D eigenvalue weighted by Crippen LogP contribution is -2.14. The summed E-state index contributed by atoms with van der Waals surface area (Å²) in [5, 5.41) is 0. The summed E-state index contributed by atoms with van der Waals surface area (Å²) < 4.78 is 6.22. The van der Waals surface area contributed by atoms with E-state index in [0.717, 1.165) is 13.2 Å². The molecule has 2 aliphatic rings. The maximum Gasteiger partial charge on any atom is 0.0535 e. The van der Waals surface area contributed by atoms with Crippen LogP contribution in [0.5, 0.6) is 0 Å². The highest BCUT2D eigenvalue weighted by Crippen LogP contribution is 2.36. The van der Waals surface area contributed by atoms with Crippen molar-refractivity contribution in [2.75, 3.05) is 13.2 Å². The molecule has 25 heavy (non-hydrogen) atoms. The maximum absolute atomic E-state index is 6.22. The molecule has 0 aromatic heterocycles. The zero-order valence-corrected chi connectivity index (χ0v) is 14.7. The van der Waals surface area contributed by atoms with Gasteiger partial charge in [0.15, 0.2) is 0 Å². The number of rotatable bonds is 6. The van der Waals surface area contributed by atoms with Crippen LogP contribution in [0.25, 0.3) is 11.1 Å². The monoisotopic (exact) mass is 330 g/mol. The Labute approximate surface area is 151 Å². The van der Waals surface area contributed by atoms with Gasteiger partial charge in [0.25, 0.3) is 0 Å². The first-order valence-corrected chi connectivity index (χ1v) is 9.50. The fourth-order valence-corrected chi connectivity index (χ4v) is 4.19. The van der Waals surface area contributed by atoms with Gasteiger partial charge in [-0.05, 0) is 48.0 Å².